The minimum Gasteiger partial charge on any atom is -0.459 e. The van der Waals surface area contributed by atoms with Crippen LogP contribution in [0.15, 0.2) is 23.8 Å². The monoisotopic (exact) mass is 378 g/mol. The Labute approximate surface area is 162 Å². The van der Waals surface area contributed by atoms with Crippen LogP contribution in [-0.4, -0.2) is 46.7 Å². The van der Waals surface area contributed by atoms with E-state index >= 15 is 0 Å². The summed E-state index contributed by atoms with van der Waals surface area (Å²) in [6.07, 6.45) is 5.24. The molecule has 2 aliphatic carbocycles. The average Bonchev–Trinajstić information content (AvgIpc) is 2.96. The second kappa shape index (κ2) is 7.02. The molecule has 6 atom stereocenters. The number of carbonyl (C=O) groups excluding carboxylic acids is 1. The highest BCUT2D eigenvalue weighted by Gasteiger charge is 2.62. The highest BCUT2D eigenvalue weighted by Crippen LogP contribution is 2.68. The summed E-state index contributed by atoms with van der Waals surface area (Å²) < 4.78 is 4.96. The van der Waals surface area contributed by atoms with E-state index in [0.29, 0.717) is 18.4 Å². The van der Waals surface area contributed by atoms with Crippen LogP contribution < -0.4 is 0 Å². The molecule has 1 unspecified atom stereocenters. The lowest BCUT2D eigenvalue weighted by atomic mass is 9.40. The van der Waals surface area contributed by atoms with Crippen LogP contribution in [0, 0.1) is 22.2 Å². The van der Waals surface area contributed by atoms with E-state index in [-0.39, 0.29) is 30.0 Å². The Morgan fingerprint density at radius 1 is 1.30 bits per heavy atom. The molecule has 0 spiro atoms. The Bertz CT molecular complexity index is 655. The van der Waals surface area contributed by atoms with E-state index in [9.17, 15) is 20.1 Å². The molecule has 0 aromatic heterocycles. The Morgan fingerprint density at radius 3 is 2.56 bits per heavy atom. The van der Waals surface area contributed by atoms with Crippen molar-refractivity contribution in [3.63, 3.8) is 0 Å². The summed E-state index contributed by atoms with van der Waals surface area (Å²) in [6.45, 7) is 10.8. The van der Waals surface area contributed by atoms with E-state index in [1.807, 2.05) is 13.0 Å². The molecule has 0 radical (unpaired) electrons. The van der Waals surface area contributed by atoms with Crippen LogP contribution in [0.5, 0.6) is 0 Å². The number of cyclic esters (lactones) is 1. The van der Waals surface area contributed by atoms with Gasteiger partial charge in [0.25, 0.3) is 0 Å². The number of esters is 1. The molecule has 0 aromatic carbocycles. The van der Waals surface area contributed by atoms with E-state index in [0.717, 1.165) is 25.7 Å². The van der Waals surface area contributed by atoms with Gasteiger partial charge in [-0.15, -0.1) is 0 Å². The van der Waals surface area contributed by atoms with Gasteiger partial charge >= 0.3 is 5.97 Å². The lowest BCUT2D eigenvalue weighted by molar-refractivity contribution is -0.176. The molecule has 0 bridgehead atoms. The van der Waals surface area contributed by atoms with Crippen LogP contribution in [0.1, 0.15) is 59.3 Å². The normalized spacial score (nSPS) is 46.4. The third-order valence-corrected chi connectivity index (χ3v) is 8.35. The van der Waals surface area contributed by atoms with Crippen LogP contribution in [0.2, 0.25) is 0 Å². The minimum atomic E-state index is -0.859. The van der Waals surface area contributed by atoms with Crippen LogP contribution in [0.25, 0.3) is 0 Å². The number of fused-ring (bicyclic) bond motifs is 1. The van der Waals surface area contributed by atoms with Crippen LogP contribution in [0.4, 0.5) is 0 Å². The first kappa shape index (κ1) is 20.6. The summed E-state index contributed by atoms with van der Waals surface area (Å²) >= 11 is 0. The van der Waals surface area contributed by atoms with Crippen molar-refractivity contribution in [2.24, 2.45) is 22.2 Å². The van der Waals surface area contributed by atoms with Gasteiger partial charge in [-0.3, -0.25) is 0 Å². The first-order valence-corrected chi connectivity index (χ1v) is 10.2. The molecule has 0 amide bonds. The fourth-order valence-electron chi connectivity index (χ4n) is 6.44. The molecule has 1 saturated heterocycles. The van der Waals surface area contributed by atoms with Gasteiger partial charge in [-0.05, 0) is 55.3 Å². The Hall–Kier alpha value is -1.17. The van der Waals surface area contributed by atoms with E-state index in [2.05, 4.69) is 20.4 Å². The van der Waals surface area contributed by atoms with Crippen molar-refractivity contribution < 1.29 is 24.9 Å². The van der Waals surface area contributed by atoms with Crippen LogP contribution >= 0.6 is 0 Å². The second-order valence-electron chi connectivity index (χ2n) is 9.24. The maximum Gasteiger partial charge on any atom is 0.336 e. The summed E-state index contributed by atoms with van der Waals surface area (Å²) in [7, 11) is 0. The van der Waals surface area contributed by atoms with Crippen LogP contribution in [-0.2, 0) is 9.53 Å². The van der Waals surface area contributed by atoms with Gasteiger partial charge < -0.3 is 20.1 Å². The molecule has 1 aliphatic heterocycles. The molecule has 27 heavy (non-hydrogen) atoms. The summed E-state index contributed by atoms with van der Waals surface area (Å²) in [5.74, 6) is -0.265. The third kappa shape index (κ3) is 2.81. The summed E-state index contributed by atoms with van der Waals surface area (Å²) in [6, 6.07) is 0. The number of rotatable bonds is 4. The predicted molar refractivity (Wildman–Crippen MR) is 103 cm³/mol. The lowest BCUT2D eigenvalue weighted by Gasteiger charge is -2.65. The Kier molecular flexibility index (Phi) is 5.34. The first-order chi connectivity index (χ1) is 12.7. The zero-order valence-corrected chi connectivity index (χ0v) is 16.8. The van der Waals surface area contributed by atoms with Gasteiger partial charge in [-0.25, -0.2) is 4.79 Å². The lowest BCUT2D eigenvalue weighted by Crippen LogP contribution is -2.61. The maximum absolute atomic E-state index is 11.9. The summed E-state index contributed by atoms with van der Waals surface area (Å²) in [4.78, 5) is 11.9. The molecule has 5 nitrogen and oxygen atoms in total. The standard InChI is InChI=1S/C22H34O5/c1-5-22(11-8-15-16(24)12-27-19(15)26)14(2)6-7-17-20(3,13-23)18(25)9-10-21(17,22)4/h8,16-18,23-25H,2,5-7,9-13H2,1,3-4H3/b15-8-/t16-,17?,18-,20+,21+,22-/m1/s1. The molecular formula is C22H34O5. The molecule has 5 heteroatoms. The SMILES string of the molecule is C=C1CCC2[C@](C)(CO)[C@H](O)CC[C@]2(C)[C@]1(CC)C/C=C1\C(=O)OC[C@H]1O. The average molecular weight is 379 g/mol. The summed E-state index contributed by atoms with van der Waals surface area (Å²) in [5.41, 5.74) is 0.619. The van der Waals surface area contributed by atoms with Crippen molar-refractivity contribution in [2.45, 2.75) is 71.5 Å². The third-order valence-electron chi connectivity index (χ3n) is 8.35. The number of allylic oxidation sites excluding steroid dienone is 2. The fourth-order valence-corrected chi connectivity index (χ4v) is 6.44. The van der Waals surface area contributed by atoms with Gasteiger partial charge in [-0.1, -0.05) is 39.0 Å². The van der Waals surface area contributed by atoms with Gasteiger partial charge in [0, 0.05) is 5.41 Å². The van der Waals surface area contributed by atoms with Crippen molar-refractivity contribution in [1.82, 2.24) is 0 Å². The molecule has 2 saturated carbocycles. The number of ether oxygens (including phenoxy) is 1. The Balaban J connectivity index is 2.03. The van der Waals surface area contributed by atoms with E-state index < -0.39 is 23.6 Å². The molecule has 1 heterocycles. The highest BCUT2D eigenvalue weighted by atomic mass is 16.6. The topological polar surface area (TPSA) is 87.0 Å². The van der Waals surface area contributed by atoms with E-state index in [4.69, 9.17) is 4.74 Å². The zero-order chi connectivity index (χ0) is 20.0. The second-order valence-corrected chi connectivity index (χ2v) is 9.24. The van der Waals surface area contributed by atoms with Crippen LogP contribution in [0.3, 0.4) is 0 Å². The fraction of sp³-hybridized carbons (Fsp3) is 0.773. The molecular weight excluding hydrogens is 344 g/mol. The van der Waals surface area contributed by atoms with Crippen molar-refractivity contribution in [2.75, 3.05) is 13.2 Å². The van der Waals surface area contributed by atoms with E-state index in [1.165, 1.54) is 5.57 Å². The smallest absolute Gasteiger partial charge is 0.336 e. The van der Waals surface area contributed by atoms with Crippen molar-refractivity contribution in [1.29, 1.82) is 0 Å². The molecule has 152 valence electrons. The maximum atomic E-state index is 11.9. The zero-order valence-electron chi connectivity index (χ0n) is 16.8. The van der Waals surface area contributed by atoms with Gasteiger partial charge in [-0.2, -0.15) is 0 Å². The summed E-state index contributed by atoms with van der Waals surface area (Å²) in [5, 5.41) is 30.9. The highest BCUT2D eigenvalue weighted by molar-refractivity contribution is 5.91. The quantitative estimate of drug-likeness (QED) is 0.398. The Morgan fingerprint density at radius 2 is 2.00 bits per heavy atom. The number of carbonyl (C=O) groups is 1. The first-order valence-electron chi connectivity index (χ1n) is 10.2. The molecule has 3 rings (SSSR count). The van der Waals surface area contributed by atoms with Crippen molar-refractivity contribution in [3.05, 3.63) is 23.8 Å². The van der Waals surface area contributed by atoms with Gasteiger partial charge in [0.2, 0.25) is 0 Å². The van der Waals surface area contributed by atoms with Crippen molar-refractivity contribution in [3.8, 4) is 0 Å². The number of hydrogen-bond donors (Lipinski definition) is 3. The predicted octanol–water partition coefficient (Wildman–Crippen LogP) is 2.74. The molecule has 3 fully saturated rings. The molecule has 3 N–H and O–H groups in total. The van der Waals surface area contributed by atoms with Gasteiger partial charge in [0.05, 0.1) is 18.3 Å². The largest absolute Gasteiger partial charge is 0.459 e. The number of hydrogen-bond acceptors (Lipinski definition) is 5. The molecule has 0 aromatic rings. The number of aliphatic hydroxyl groups excluding tert-OH is 3. The van der Waals surface area contributed by atoms with E-state index in [1.54, 1.807) is 0 Å². The van der Waals surface area contributed by atoms with Gasteiger partial charge in [0.1, 0.15) is 12.7 Å². The minimum absolute atomic E-state index is 0.0272. The van der Waals surface area contributed by atoms with Gasteiger partial charge in [0.15, 0.2) is 0 Å². The van der Waals surface area contributed by atoms with Crippen molar-refractivity contribution >= 4 is 5.97 Å². The number of aliphatic hydroxyl groups is 3. The molecule has 3 aliphatic rings.